The van der Waals surface area contributed by atoms with Gasteiger partial charge in [0.05, 0.1) is 0 Å². The molecule has 0 saturated carbocycles. The van der Waals surface area contributed by atoms with E-state index in [2.05, 4.69) is 0 Å². The summed E-state index contributed by atoms with van der Waals surface area (Å²) < 4.78 is 0. The molecule has 0 aliphatic rings. The average molecular weight is 201 g/mol. The van der Waals surface area contributed by atoms with Crippen molar-refractivity contribution in [2.24, 2.45) is 5.73 Å². The zero-order valence-corrected chi connectivity index (χ0v) is 7.25. The highest BCUT2D eigenvalue weighted by Crippen LogP contribution is 2.23. The summed E-state index contributed by atoms with van der Waals surface area (Å²) in [5, 5.41) is 18.9. The van der Waals surface area contributed by atoms with E-state index in [0.717, 1.165) is 11.3 Å². The van der Waals surface area contributed by atoms with Crippen LogP contribution in [0, 0.1) is 0 Å². The van der Waals surface area contributed by atoms with Gasteiger partial charge in [-0.1, -0.05) is 6.07 Å². The highest BCUT2D eigenvalue weighted by atomic mass is 32.1. The molecule has 1 aromatic heterocycles. The topological polar surface area (TPSA) is 101 Å². The Morgan fingerprint density at radius 3 is 2.23 bits per heavy atom. The van der Waals surface area contributed by atoms with Crippen molar-refractivity contribution in [2.45, 2.75) is 5.54 Å². The van der Waals surface area contributed by atoms with Crippen LogP contribution in [0.15, 0.2) is 17.5 Å². The first-order valence-corrected chi connectivity index (χ1v) is 4.17. The second-order valence-corrected chi connectivity index (χ2v) is 3.34. The van der Waals surface area contributed by atoms with E-state index in [0.29, 0.717) is 0 Å². The van der Waals surface area contributed by atoms with Gasteiger partial charge in [0.25, 0.3) is 0 Å². The minimum absolute atomic E-state index is 0.104. The number of carboxylic acids is 2. The summed E-state index contributed by atoms with van der Waals surface area (Å²) in [7, 11) is 0. The maximum Gasteiger partial charge on any atom is 0.341 e. The van der Waals surface area contributed by atoms with Crippen LogP contribution in [0.25, 0.3) is 0 Å². The van der Waals surface area contributed by atoms with Gasteiger partial charge in [-0.15, -0.1) is 11.3 Å². The molecule has 5 nitrogen and oxygen atoms in total. The third-order valence-electron chi connectivity index (χ3n) is 1.58. The highest BCUT2D eigenvalue weighted by molar-refractivity contribution is 7.10. The van der Waals surface area contributed by atoms with Gasteiger partial charge in [0.2, 0.25) is 5.54 Å². The van der Waals surface area contributed by atoms with Crippen molar-refractivity contribution in [3.8, 4) is 0 Å². The second kappa shape index (κ2) is 3.15. The van der Waals surface area contributed by atoms with Gasteiger partial charge in [0, 0.05) is 4.88 Å². The molecule has 1 heterocycles. The molecule has 70 valence electrons. The summed E-state index contributed by atoms with van der Waals surface area (Å²) in [5.74, 6) is -3.13. The van der Waals surface area contributed by atoms with Gasteiger partial charge in [-0.05, 0) is 11.4 Å². The van der Waals surface area contributed by atoms with E-state index in [4.69, 9.17) is 15.9 Å². The number of carboxylic acid groups (broad SMARTS) is 2. The number of hydrogen-bond acceptors (Lipinski definition) is 4. The number of nitrogens with two attached hydrogens (primary N) is 1. The first kappa shape index (κ1) is 9.69. The molecule has 6 heteroatoms. The average Bonchev–Trinajstić information content (AvgIpc) is 2.54. The molecular weight excluding hydrogens is 194 g/mol. The van der Waals surface area contributed by atoms with Gasteiger partial charge in [0.15, 0.2) is 0 Å². The molecule has 0 radical (unpaired) electrons. The molecule has 0 aliphatic carbocycles. The van der Waals surface area contributed by atoms with E-state index < -0.39 is 17.5 Å². The summed E-state index contributed by atoms with van der Waals surface area (Å²) in [6, 6.07) is 2.93. The second-order valence-electron chi connectivity index (χ2n) is 2.40. The summed E-state index contributed by atoms with van der Waals surface area (Å²) in [5.41, 5.74) is 2.94. The van der Waals surface area contributed by atoms with Crippen LogP contribution in [-0.4, -0.2) is 22.2 Å². The smallest absolute Gasteiger partial charge is 0.341 e. The van der Waals surface area contributed by atoms with Gasteiger partial charge in [-0.3, -0.25) is 0 Å². The summed E-state index contributed by atoms with van der Waals surface area (Å²) in [4.78, 5) is 21.4. The third kappa shape index (κ3) is 1.41. The quantitative estimate of drug-likeness (QED) is 0.601. The zero-order valence-electron chi connectivity index (χ0n) is 6.43. The lowest BCUT2D eigenvalue weighted by Gasteiger charge is -2.17. The zero-order chi connectivity index (χ0) is 10.1. The van der Waals surface area contributed by atoms with Crippen molar-refractivity contribution in [3.05, 3.63) is 22.4 Å². The number of carbonyl (C=O) groups is 2. The minimum atomic E-state index is -2.33. The standard InChI is InChI=1S/C7H7NO4S/c8-7(5(9)10,6(11)12)4-2-1-3-13-4/h1-3H,8H2,(H,9,10)(H,11,12). The Balaban J connectivity index is 3.21. The normalized spacial score (nSPS) is 11.2. The lowest BCUT2D eigenvalue weighted by Crippen LogP contribution is -2.51. The molecule has 4 N–H and O–H groups in total. The van der Waals surface area contributed by atoms with E-state index >= 15 is 0 Å². The van der Waals surface area contributed by atoms with E-state index in [1.54, 1.807) is 11.4 Å². The Labute approximate surface area is 77.4 Å². The lowest BCUT2D eigenvalue weighted by atomic mass is 10.00. The summed E-state index contributed by atoms with van der Waals surface area (Å²) >= 11 is 1.000. The molecule has 0 bridgehead atoms. The third-order valence-corrected chi connectivity index (χ3v) is 2.59. The monoisotopic (exact) mass is 201 g/mol. The first-order chi connectivity index (χ1) is 5.99. The fourth-order valence-electron chi connectivity index (χ4n) is 0.805. The van der Waals surface area contributed by atoms with Gasteiger partial charge in [-0.2, -0.15) is 0 Å². The summed E-state index contributed by atoms with van der Waals surface area (Å²) in [6.45, 7) is 0. The van der Waals surface area contributed by atoms with Crippen LogP contribution in [-0.2, 0) is 15.1 Å². The predicted molar refractivity (Wildman–Crippen MR) is 45.5 cm³/mol. The molecular formula is C7H7NO4S. The Morgan fingerprint density at radius 2 is 1.92 bits per heavy atom. The van der Waals surface area contributed by atoms with E-state index in [1.807, 2.05) is 0 Å². The van der Waals surface area contributed by atoms with Crippen LogP contribution in [0.2, 0.25) is 0 Å². The molecule has 13 heavy (non-hydrogen) atoms. The van der Waals surface area contributed by atoms with Crippen molar-refractivity contribution in [1.29, 1.82) is 0 Å². The van der Waals surface area contributed by atoms with Gasteiger partial charge < -0.3 is 15.9 Å². The van der Waals surface area contributed by atoms with Crippen LogP contribution in [0.4, 0.5) is 0 Å². The molecule has 0 amide bonds. The molecule has 0 aromatic carbocycles. The van der Waals surface area contributed by atoms with Crippen molar-refractivity contribution >= 4 is 23.3 Å². The molecule has 0 fully saturated rings. The van der Waals surface area contributed by atoms with Crippen molar-refractivity contribution in [3.63, 3.8) is 0 Å². The first-order valence-electron chi connectivity index (χ1n) is 3.29. The molecule has 0 unspecified atom stereocenters. The van der Waals surface area contributed by atoms with Crippen LogP contribution < -0.4 is 5.73 Å². The lowest BCUT2D eigenvalue weighted by molar-refractivity contribution is -0.157. The maximum atomic E-state index is 10.7. The van der Waals surface area contributed by atoms with Crippen molar-refractivity contribution in [2.75, 3.05) is 0 Å². The molecule has 1 aromatic rings. The van der Waals surface area contributed by atoms with Gasteiger partial charge in [0.1, 0.15) is 0 Å². The minimum Gasteiger partial charge on any atom is -0.479 e. The largest absolute Gasteiger partial charge is 0.479 e. The molecule has 0 saturated heterocycles. The van der Waals surface area contributed by atoms with Crippen LogP contribution in [0.5, 0.6) is 0 Å². The number of thiophene rings is 1. The van der Waals surface area contributed by atoms with Crippen molar-refractivity contribution < 1.29 is 19.8 Å². The summed E-state index contributed by atoms with van der Waals surface area (Å²) in [6.07, 6.45) is 0. The SMILES string of the molecule is NC(C(=O)O)(C(=O)O)c1cccs1. The fraction of sp³-hybridized carbons (Fsp3) is 0.143. The fourth-order valence-corrected chi connectivity index (χ4v) is 1.63. The molecule has 0 aliphatic heterocycles. The van der Waals surface area contributed by atoms with Crippen LogP contribution >= 0.6 is 11.3 Å². The number of aliphatic carboxylic acids is 2. The Kier molecular flexibility index (Phi) is 2.35. The molecule has 1 rings (SSSR count). The Hall–Kier alpha value is -1.40. The molecule has 0 atom stereocenters. The Bertz CT molecular complexity index is 318. The maximum absolute atomic E-state index is 10.7. The predicted octanol–water partition coefficient (Wildman–Crippen LogP) is 0.0713. The van der Waals surface area contributed by atoms with E-state index in [-0.39, 0.29) is 4.88 Å². The van der Waals surface area contributed by atoms with Crippen molar-refractivity contribution in [1.82, 2.24) is 0 Å². The molecule has 0 spiro atoms. The highest BCUT2D eigenvalue weighted by Gasteiger charge is 2.45. The van der Waals surface area contributed by atoms with Gasteiger partial charge in [-0.25, -0.2) is 9.59 Å². The van der Waals surface area contributed by atoms with Crippen LogP contribution in [0.3, 0.4) is 0 Å². The van der Waals surface area contributed by atoms with E-state index in [1.165, 1.54) is 6.07 Å². The van der Waals surface area contributed by atoms with E-state index in [9.17, 15) is 9.59 Å². The number of hydrogen-bond donors (Lipinski definition) is 3. The van der Waals surface area contributed by atoms with Crippen LogP contribution in [0.1, 0.15) is 4.88 Å². The Morgan fingerprint density at radius 1 is 1.38 bits per heavy atom. The van der Waals surface area contributed by atoms with Gasteiger partial charge >= 0.3 is 11.9 Å². The number of rotatable bonds is 3.